The molecule has 1 saturated heterocycles. The molecule has 2 heterocycles. The van der Waals surface area contributed by atoms with Crippen molar-refractivity contribution in [2.45, 2.75) is 12.6 Å². The first kappa shape index (κ1) is 21.7. The smallest absolute Gasteiger partial charge is 0.416 e. The summed E-state index contributed by atoms with van der Waals surface area (Å²) in [5, 5.41) is 2.79. The summed E-state index contributed by atoms with van der Waals surface area (Å²) >= 11 is 0. The Morgan fingerprint density at radius 3 is 2.72 bits per heavy atom. The van der Waals surface area contributed by atoms with Crippen molar-refractivity contribution in [1.82, 2.24) is 15.1 Å². The average Bonchev–Trinajstić information content (AvgIpc) is 3.11. The molecule has 2 aromatic rings. The molecule has 32 heavy (non-hydrogen) atoms. The van der Waals surface area contributed by atoms with E-state index >= 15 is 0 Å². The van der Waals surface area contributed by atoms with Gasteiger partial charge in [-0.15, -0.1) is 6.58 Å². The van der Waals surface area contributed by atoms with Crippen molar-refractivity contribution in [3.63, 3.8) is 0 Å². The van der Waals surface area contributed by atoms with Gasteiger partial charge in [0.15, 0.2) is 5.75 Å². The van der Waals surface area contributed by atoms with Gasteiger partial charge in [-0.3, -0.25) is 0 Å². The van der Waals surface area contributed by atoms with Crippen molar-refractivity contribution in [2.75, 3.05) is 32.7 Å². The molecule has 6 nitrogen and oxygen atoms in total. The number of carbonyl (C=O) groups excluding carboxylic acids is 1. The Balaban J connectivity index is 1.66. The van der Waals surface area contributed by atoms with Crippen LogP contribution in [-0.4, -0.2) is 54.4 Å². The predicted octanol–water partition coefficient (Wildman–Crippen LogP) is 4.79. The molecule has 0 atom stereocenters. The van der Waals surface area contributed by atoms with Crippen LogP contribution in [0.3, 0.4) is 0 Å². The number of nitrogens with one attached hydrogen (secondary N) is 1. The van der Waals surface area contributed by atoms with Crippen molar-refractivity contribution in [1.29, 1.82) is 0 Å². The predicted molar refractivity (Wildman–Crippen MR) is 116 cm³/mol. The number of amides is 2. The molecule has 0 aliphatic carbocycles. The number of fused-ring (bicyclic) bond motifs is 2. The monoisotopic (exact) mass is 444 g/mol. The maximum Gasteiger partial charge on any atom is 0.416 e. The summed E-state index contributed by atoms with van der Waals surface area (Å²) in [5.74, 6) is 1.11. The minimum Gasteiger partial charge on any atom is -0.454 e. The topological polar surface area (TPSA) is 57.2 Å². The van der Waals surface area contributed by atoms with E-state index < -0.39 is 11.7 Å². The van der Waals surface area contributed by atoms with Gasteiger partial charge in [0, 0.05) is 32.7 Å². The molecule has 0 spiro atoms. The molecular weight excluding hydrogens is 421 g/mol. The zero-order valence-corrected chi connectivity index (χ0v) is 17.4. The van der Waals surface area contributed by atoms with Crippen LogP contribution in [0.15, 0.2) is 60.1 Å². The number of amidine groups is 1. The minimum absolute atomic E-state index is 0.0579. The molecule has 1 N–H and O–H groups in total. The number of aliphatic imine (C=N–C) groups is 1. The first-order valence-electron chi connectivity index (χ1n) is 10.3. The highest BCUT2D eigenvalue weighted by atomic mass is 19.4. The van der Waals surface area contributed by atoms with Crippen LogP contribution in [0.1, 0.15) is 17.5 Å². The number of hydrogen-bond acceptors (Lipinski definition) is 4. The summed E-state index contributed by atoms with van der Waals surface area (Å²) in [6.45, 7) is 6.27. The lowest BCUT2D eigenvalue weighted by molar-refractivity contribution is -0.137. The van der Waals surface area contributed by atoms with Gasteiger partial charge >= 0.3 is 12.2 Å². The fraction of sp³-hybridized carbons (Fsp3) is 0.304. The molecule has 2 aromatic carbocycles. The van der Waals surface area contributed by atoms with Crippen molar-refractivity contribution in [3.8, 4) is 11.5 Å². The molecule has 2 amide bonds. The molecular formula is C23H23F3N4O2. The van der Waals surface area contributed by atoms with Gasteiger partial charge in [-0.2, -0.15) is 13.2 Å². The zero-order chi connectivity index (χ0) is 22.7. The number of benzene rings is 2. The van der Waals surface area contributed by atoms with Crippen LogP contribution in [0, 0.1) is 0 Å². The van der Waals surface area contributed by atoms with E-state index in [1.807, 2.05) is 12.1 Å². The van der Waals surface area contributed by atoms with Crippen LogP contribution in [0.25, 0.3) is 0 Å². The normalized spacial score (nSPS) is 16.0. The second-order valence-corrected chi connectivity index (χ2v) is 7.52. The summed E-state index contributed by atoms with van der Waals surface area (Å²) in [5.41, 5.74) is 0.235. The van der Waals surface area contributed by atoms with Crippen LogP contribution >= 0.6 is 0 Å². The Bertz CT molecular complexity index is 1050. The van der Waals surface area contributed by atoms with E-state index in [0.717, 1.165) is 18.6 Å². The molecule has 4 rings (SSSR count). The lowest BCUT2D eigenvalue weighted by Crippen LogP contribution is -2.42. The Labute approximate surface area is 184 Å². The van der Waals surface area contributed by atoms with E-state index in [2.05, 4.69) is 16.8 Å². The van der Waals surface area contributed by atoms with Crippen molar-refractivity contribution in [2.24, 2.45) is 4.99 Å². The average molecular weight is 444 g/mol. The Morgan fingerprint density at radius 2 is 1.94 bits per heavy atom. The summed E-state index contributed by atoms with van der Waals surface area (Å²) in [7, 11) is 0. The number of carbonyl (C=O) groups is 1. The number of rotatable bonds is 2. The van der Waals surface area contributed by atoms with Crippen molar-refractivity contribution < 1.29 is 22.7 Å². The van der Waals surface area contributed by atoms with Gasteiger partial charge in [0.2, 0.25) is 0 Å². The maximum atomic E-state index is 13.2. The highest BCUT2D eigenvalue weighted by molar-refractivity contribution is 6.03. The Morgan fingerprint density at radius 1 is 1.12 bits per heavy atom. The third-order valence-electron chi connectivity index (χ3n) is 5.34. The van der Waals surface area contributed by atoms with E-state index in [1.165, 1.54) is 6.07 Å². The second kappa shape index (κ2) is 8.94. The van der Waals surface area contributed by atoms with Crippen LogP contribution in [0.2, 0.25) is 0 Å². The van der Waals surface area contributed by atoms with Gasteiger partial charge in [-0.1, -0.05) is 18.2 Å². The van der Waals surface area contributed by atoms with Crippen molar-refractivity contribution in [3.05, 3.63) is 66.2 Å². The molecule has 2 aliphatic heterocycles. The maximum absolute atomic E-state index is 13.2. The van der Waals surface area contributed by atoms with Gasteiger partial charge in [-0.05, 0) is 36.8 Å². The summed E-state index contributed by atoms with van der Waals surface area (Å²) < 4.78 is 45.5. The number of urea groups is 1. The first-order valence-corrected chi connectivity index (χ1v) is 10.3. The third-order valence-corrected chi connectivity index (χ3v) is 5.34. The molecule has 0 bridgehead atoms. The van der Waals surface area contributed by atoms with E-state index in [9.17, 15) is 18.0 Å². The Kier molecular flexibility index (Phi) is 6.07. The minimum atomic E-state index is -4.48. The van der Waals surface area contributed by atoms with Gasteiger partial charge in [-0.25, -0.2) is 9.79 Å². The number of halogens is 3. The van der Waals surface area contributed by atoms with E-state index in [4.69, 9.17) is 9.73 Å². The molecule has 1 fully saturated rings. The van der Waals surface area contributed by atoms with Crippen LogP contribution in [0.5, 0.6) is 11.5 Å². The quantitative estimate of drug-likeness (QED) is 0.678. The summed E-state index contributed by atoms with van der Waals surface area (Å²) in [4.78, 5) is 20.8. The fourth-order valence-corrected chi connectivity index (χ4v) is 3.74. The fourth-order valence-electron chi connectivity index (χ4n) is 3.74. The molecule has 0 aromatic heterocycles. The van der Waals surface area contributed by atoms with Gasteiger partial charge in [0.25, 0.3) is 0 Å². The van der Waals surface area contributed by atoms with Crippen molar-refractivity contribution >= 4 is 17.6 Å². The van der Waals surface area contributed by atoms with E-state index in [0.29, 0.717) is 55.6 Å². The molecule has 2 aliphatic rings. The molecule has 9 heteroatoms. The summed E-state index contributed by atoms with van der Waals surface area (Å²) in [6.07, 6.45) is -2.12. The zero-order valence-electron chi connectivity index (χ0n) is 17.4. The lowest BCUT2D eigenvalue weighted by Gasteiger charge is -2.25. The summed E-state index contributed by atoms with van der Waals surface area (Å²) in [6, 6.07) is 10.3. The van der Waals surface area contributed by atoms with Gasteiger partial charge < -0.3 is 19.9 Å². The molecule has 0 radical (unpaired) electrons. The lowest BCUT2D eigenvalue weighted by atomic mass is 10.1. The highest BCUT2D eigenvalue weighted by Gasteiger charge is 2.32. The van der Waals surface area contributed by atoms with Gasteiger partial charge in [0.05, 0.1) is 11.1 Å². The number of ether oxygens (including phenoxy) is 1. The second-order valence-electron chi connectivity index (χ2n) is 7.52. The molecule has 168 valence electrons. The molecule has 0 saturated carbocycles. The van der Waals surface area contributed by atoms with E-state index in [1.54, 1.807) is 23.1 Å². The van der Waals surface area contributed by atoms with Crippen LogP contribution in [-0.2, 0) is 6.18 Å². The SMILES string of the molecule is C=CCNC(=O)N1CCCN(C2=Nc3ccc(C(F)(F)F)cc3Oc3ccccc32)CC1. The highest BCUT2D eigenvalue weighted by Crippen LogP contribution is 2.41. The largest absolute Gasteiger partial charge is 0.454 e. The third kappa shape index (κ3) is 4.56. The van der Waals surface area contributed by atoms with E-state index in [-0.39, 0.29) is 11.8 Å². The first-order chi connectivity index (χ1) is 15.4. The number of para-hydroxylation sites is 1. The Hall–Kier alpha value is -3.49. The number of nitrogens with zero attached hydrogens (tertiary/aromatic N) is 3. The number of hydrogen-bond donors (Lipinski definition) is 1. The number of alkyl halides is 3. The van der Waals surface area contributed by atoms with Crippen LogP contribution in [0.4, 0.5) is 23.7 Å². The molecule has 0 unspecified atom stereocenters. The standard InChI is InChI=1S/C23H23F3N4O2/c1-2-10-27-22(31)30-12-5-11-29(13-14-30)21-17-6-3-4-7-19(17)32-20-15-16(23(24,25)26)8-9-18(20)28-21/h2-4,6-9,15H,1,5,10-14H2,(H,27,31). The van der Waals surface area contributed by atoms with Gasteiger partial charge in [0.1, 0.15) is 17.3 Å². The van der Waals surface area contributed by atoms with Crippen LogP contribution < -0.4 is 10.1 Å².